The molecule has 0 amide bonds. The molecule has 1 aliphatic heterocycles. The topological polar surface area (TPSA) is 23.6 Å². The highest BCUT2D eigenvalue weighted by molar-refractivity contribution is 7.77. The fraction of sp³-hybridized carbons (Fsp3) is 0.833. The Hall–Kier alpha value is -0.0600. The van der Waals surface area contributed by atoms with Crippen molar-refractivity contribution in [1.29, 1.82) is 0 Å². The molecule has 3 nitrogen and oxygen atoms in total. The number of Topliss-reactive ketones (excluding diaryl/α,β-unsaturated/α-hetero) is 1. The number of hydrogen-bond donors (Lipinski definition) is 1. The molecule has 0 aliphatic carbocycles. The number of likely N-dealkylation sites (N-methyl/N-ethyl adjacent to an activating group) is 1. The molecule has 1 rings (SSSR count). The van der Waals surface area contributed by atoms with E-state index in [1.807, 2.05) is 11.9 Å². The molecular weight excluding hydrogens is 148 g/mol. The highest BCUT2D eigenvalue weighted by Crippen LogP contribution is 2.14. The van der Waals surface area contributed by atoms with Crippen molar-refractivity contribution >= 4 is 18.6 Å². The molecule has 4 heteroatoms. The van der Waals surface area contributed by atoms with Crippen molar-refractivity contribution in [3.8, 4) is 0 Å². The van der Waals surface area contributed by atoms with E-state index in [1.54, 1.807) is 11.2 Å². The van der Waals surface area contributed by atoms with Crippen LogP contribution in [0.4, 0.5) is 0 Å². The number of carbonyl (C=O) groups is 1. The fourth-order valence-electron chi connectivity index (χ4n) is 1.25. The van der Waals surface area contributed by atoms with E-state index in [1.165, 1.54) is 0 Å². The standard InChI is InChI=1S/C6H12N2OS/c1-5(9)6-7(2)3-4-8(6)10/h6,10H,3-4H2,1-2H3. The quantitative estimate of drug-likeness (QED) is 0.546. The monoisotopic (exact) mass is 160 g/mol. The third-order valence-electron chi connectivity index (χ3n) is 1.75. The van der Waals surface area contributed by atoms with Gasteiger partial charge in [0.2, 0.25) is 0 Å². The second kappa shape index (κ2) is 2.90. The molecule has 1 fully saturated rings. The summed E-state index contributed by atoms with van der Waals surface area (Å²) in [6.07, 6.45) is -0.108. The summed E-state index contributed by atoms with van der Waals surface area (Å²) < 4.78 is 1.77. The van der Waals surface area contributed by atoms with Gasteiger partial charge in [-0.1, -0.05) is 12.8 Å². The molecule has 10 heavy (non-hydrogen) atoms. The molecule has 0 saturated carbocycles. The van der Waals surface area contributed by atoms with Gasteiger partial charge < -0.3 is 0 Å². The van der Waals surface area contributed by atoms with Gasteiger partial charge in [-0.25, -0.2) is 4.31 Å². The maximum absolute atomic E-state index is 10.9. The molecule has 1 atom stereocenters. The number of hydrogen-bond acceptors (Lipinski definition) is 4. The molecule has 0 aromatic carbocycles. The number of thiol groups is 1. The van der Waals surface area contributed by atoms with Gasteiger partial charge in [-0.15, -0.1) is 0 Å². The molecule has 1 aliphatic rings. The summed E-state index contributed by atoms with van der Waals surface area (Å²) in [6, 6.07) is 0. The first kappa shape index (κ1) is 8.04. The molecule has 1 heterocycles. The Morgan fingerprint density at radius 3 is 2.40 bits per heavy atom. The van der Waals surface area contributed by atoms with Gasteiger partial charge in [0.25, 0.3) is 0 Å². The van der Waals surface area contributed by atoms with E-state index in [2.05, 4.69) is 12.8 Å². The average molecular weight is 160 g/mol. The van der Waals surface area contributed by atoms with E-state index < -0.39 is 0 Å². The molecule has 0 radical (unpaired) electrons. The summed E-state index contributed by atoms with van der Waals surface area (Å²) in [5.74, 6) is 0.162. The smallest absolute Gasteiger partial charge is 0.162 e. The maximum atomic E-state index is 10.9. The lowest BCUT2D eigenvalue weighted by Crippen LogP contribution is -2.37. The zero-order chi connectivity index (χ0) is 7.72. The summed E-state index contributed by atoms with van der Waals surface area (Å²) in [4.78, 5) is 12.9. The average Bonchev–Trinajstić information content (AvgIpc) is 2.11. The van der Waals surface area contributed by atoms with Crippen LogP contribution in [0.3, 0.4) is 0 Å². The van der Waals surface area contributed by atoms with Crippen molar-refractivity contribution in [2.45, 2.75) is 13.1 Å². The highest BCUT2D eigenvalue weighted by atomic mass is 32.1. The molecule has 58 valence electrons. The van der Waals surface area contributed by atoms with Crippen LogP contribution in [0.15, 0.2) is 0 Å². The first-order chi connectivity index (χ1) is 4.63. The summed E-state index contributed by atoms with van der Waals surface area (Å²) in [5.41, 5.74) is 0. The predicted molar refractivity (Wildman–Crippen MR) is 42.8 cm³/mol. The van der Waals surface area contributed by atoms with Crippen LogP contribution in [0.2, 0.25) is 0 Å². The lowest BCUT2D eigenvalue weighted by molar-refractivity contribution is -0.123. The molecule has 0 bridgehead atoms. The van der Waals surface area contributed by atoms with Crippen molar-refractivity contribution in [2.75, 3.05) is 20.1 Å². The SMILES string of the molecule is CC(=O)C1N(C)CCN1S. The van der Waals surface area contributed by atoms with Crippen molar-refractivity contribution in [2.24, 2.45) is 0 Å². The van der Waals surface area contributed by atoms with Gasteiger partial charge in [-0.3, -0.25) is 9.69 Å². The van der Waals surface area contributed by atoms with E-state index >= 15 is 0 Å². The largest absolute Gasteiger partial charge is 0.297 e. The first-order valence-electron chi connectivity index (χ1n) is 3.29. The number of ketones is 1. The lowest BCUT2D eigenvalue weighted by atomic mass is 10.3. The van der Waals surface area contributed by atoms with E-state index in [-0.39, 0.29) is 11.9 Å². The Kier molecular flexibility index (Phi) is 2.33. The molecule has 1 unspecified atom stereocenters. The maximum Gasteiger partial charge on any atom is 0.162 e. The van der Waals surface area contributed by atoms with Crippen LogP contribution in [0, 0.1) is 0 Å². The molecule has 0 N–H and O–H groups in total. The van der Waals surface area contributed by atoms with Crippen molar-refractivity contribution < 1.29 is 4.79 Å². The van der Waals surface area contributed by atoms with Crippen molar-refractivity contribution in [3.63, 3.8) is 0 Å². The normalized spacial score (nSPS) is 29.3. The van der Waals surface area contributed by atoms with Gasteiger partial charge >= 0.3 is 0 Å². The molecule has 0 aromatic heterocycles. The third kappa shape index (κ3) is 1.33. The van der Waals surface area contributed by atoms with Gasteiger partial charge in [0.1, 0.15) is 6.17 Å². The summed E-state index contributed by atoms with van der Waals surface area (Å²) >= 11 is 4.16. The van der Waals surface area contributed by atoms with Crippen LogP contribution in [0.25, 0.3) is 0 Å². The van der Waals surface area contributed by atoms with Crippen LogP contribution >= 0.6 is 12.8 Å². The van der Waals surface area contributed by atoms with E-state index in [0.29, 0.717) is 0 Å². The molecule has 0 aromatic rings. The number of carbonyl (C=O) groups excluding carboxylic acids is 1. The van der Waals surface area contributed by atoms with Crippen molar-refractivity contribution in [1.82, 2.24) is 9.21 Å². The minimum atomic E-state index is -0.108. The van der Waals surface area contributed by atoms with Gasteiger partial charge in [-0.2, -0.15) is 0 Å². The second-order valence-electron chi connectivity index (χ2n) is 2.63. The summed E-state index contributed by atoms with van der Waals surface area (Å²) in [5, 5.41) is 0. The zero-order valence-corrected chi connectivity index (χ0v) is 7.14. The third-order valence-corrected chi connectivity index (χ3v) is 2.16. The molecule has 1 saturated heterocycles. The van der Waals surface area contributed by atoms with Crippen LogP contribution in [-0.4, -0.2) is 41.3 Å². The Morgan fingerprint density at radius 2 is 2.20 bits per heavy atom. The zero-order valence-electron chi connectivity index (χ0n) is 6.24. The van der Waals surface area contributed by atoms with Gasteiger partial charge in [-0.05, 0) is 14.0 Å². The fourth-order valence-corrected chi connectivity index (χ4v) is 1.68. The number of rotatable bonds is 1. The second-order valence-corrected chi connectivity index (χ2v) is 3.14. The van der Waals surface area contributed by atoms with E-state index in [9.17, 15) is 4.79 Å². The van der Waals surface area contributed by atoms with E-state index in [0.717, 1.165) is 13.1 Å². The Morgan fingerprint density at radius 1 is 1.60 bits per heavy atom. The Bertz CT molecular complexity index is 141. The summed E-state index contributed by atoms with van der Waals surface area (Å²) in [7, 11) is 1.93. The Labute approximate surface area is 66.5 Å². The van der Waals surface area contributed by atoms with Crippen molar-refractivity contribution in [3.05, 3.63) is 0 Å². The van der Waals surface area contributed by atoms with Crippen LogP contribution < -0.4 is 0 Å². The highest BCUT2D eigenvalue weighted by Gasteiger charge is 2.30. The first-order valence-corrected chi connectivity index (χ1v) is 3.69. The van der Waals surface area contributed by atoms with Gasteiger partial charge in [0, 0.05) is 13.1 Å². The lowest BCUT2D eigenvalue weighted by Gasteiger charge is -2.20. The summed E-state index contributed by atoms with van der Waals surface area (Å²) in [6.45, 7) is 3.38. The molecule has 0 spiro atoms. The minimum absolute atomic E-state index is 0.108. The molecular formula is C6H12N2OS. The predicted octanol–water partition coefficient (Wildman–Crippen LogP) is -0.00630. The minimum Gasteiger partial charge on any atom is -0.297 e. The Balaban J connectivity index is 2.63. The van der Waals surface area contributed by atoms with Crippen LogP contribution in [0.1, 0.15) is 6.92 Å². The van der Waals surface area contributed by atoms with Crippen LogP contribution in [0.5, 0.6) is 0 Å². The number of nitrogens with zero attached hydrogens (tertiary/aromatic N) is 2. The van der Waals surface area contributed by atoms with E-state index in [4.69, 9.17) is 0 Å². The van der Waals surface area contributed by atoms with Crippen LogP contribution in [-0.2, 0) is 4.79 Å². The van der Waals surface area contributed by atoms with Gasteiger partial charge in [0.05, 0.1) is 0 Å². The van der Waals surface area contributed by atoms with Gasteiger partial charge in [0.15, 0.2) is 5.78 Å².